The lowest BCUT2D eigenvalue weighted by Crippen LogP contribution is -2.18. The van der Waals surface area contributed by atoms with E-state index in [0.717, 1.165) is 30.4 Å². The molecule has 0 aliphatic heterocycles. The zero-order valence-electron chi connectivity index (χ0n) is 14.3. The molecule has 1 aliphatic rings. The second-order valence-corrected chi connectivity index (χ2v) is 7.89. The fourth-order valence-electron chi connectivity index (χ4n) is 3.14. The highest BCUT2D eigenvalue weighted by molar-refractivity contribution is 7.89. The van der Waals surface area contributed by atoms with Crippen LogP contribution in [0.1, 0.15) is 24.8 Å². The molecular weight excluding hydrogens is 379 g/mol. The van der Waals surface area contributed by atoms with Crippen LogP contribution in [0.15, 0.2) is 47.4 Å². The highest BCUT2D eigenvalue weighted by atomic mass is 32.2. The molecule has 0 amide bonds. The summed E-state index contributed by atoms with van der Waals surface area (Å²) in [5.74, 6) is -2.99. The Morgan fingerprint density at radius 2 is 1.78 bits per heavy atom. The molecule has 2 aromatic carbocycles. The van der Waals surface area contributed by atoms with Gasteiger partial charge in [0.1, 0.15) is 16.5 Å². The van der Waals surface area contributed by atoms with E-state index in [2.05, 4.69) is 0 Å². The van der Waals surface area contributed by atoms with Gasteiger partial charge in [0.2, 0.25) is 10.0 Å². The summed E-state index contributed by atoms with van der Waals surface area (Å²) >= 11 is 0. The van der Waals surface area contributed by atoms with E-state index < -0.39 is 26.6 Å². The average Bonchev–Trinajstić information content (AvgIpc) is 2.62. The molecule has 2 aromatic rings. The monoisotopic (exact) mass is 397 g/mol. The quantitative estimate of drug-likeness (QED) is 0.829. The normalized spacial score (nSPS) is 17.5. The van der Waals surface area contributed by atoms with Crippen LogP contribution in [0.2, 0.25) is 0 Å². The third-order valence-electron chi connectivity index (χ3n) is 4.47. The van der Waals surface area contributed by atoms with Crippen molar-refractivity contribution in [2.75, 3.05) is 6.61 Å². The van der Waals surface area contributed by atoms with E-state index in [4.69, 9.17) is 9.88 Å². The predicted molar refractivity (Wildman–Crippen MR) is 94.9 cm³/mol. The molecule has 0 radical (unpaired) electrons. The number of benzene rings is 2. The minimum Gasteiger partial charge on any atom is -0.490 e. The van der Waals surface area contributed by atoms with Gasteiger partial charge in [0, 0.05) is 18.1 Å². The summed E-state index contributed by atoms with van der Waals surface area (Å²) in [5, 5.41) is 4.85. The third-order valence-corrected chi connectivity index (χ3v) is 5.40. The molecule has 0 saturated heterocycles. The van der Waals surface area contributed by atoms with Crippen molar-refractivity contribution in [1.82, 2.24) is 0 Å². The molecule has 0 bridgehead atoms. The van der Waals surface area contributed by atoms with Crippen LogP contribution in [0.3, 0.4) is 0 Å². The maximum Gasteiger partial charge on any atom is 0.241 e. The number of allylic oxidation sites excluding steroid dienone is 1. The van der Waals surface area contributed by atoms with E-state index in [1.807, 2.05) is 6.08 Å². The molecule has 8 heteroatoms. The fraction of sp³-hybridized carbons (Fsp3) is 0.263. The Morgan fingerprint density at radius 3 is 2.44 bits per heavy atom. The molecule has 0 fully saturated rings. The lowest BCUT2D eigenvalue weighted by atomic mass is 9.84. The smallest absolute Gasteiger partial charge is 0.241 e. The van der Waals surface area contributed by atoms with Crippen molar-refractivity contribution in [1.29, 1.82) is 0 Å². The topological polar surface area (TPSA) is 69.4 Å². The van der Waals surface area contributed by atoms with Crippen LogP contribution in [0, 0.1) is 23.4 Å². The first-order valence-electron chi connectivity index (χ1n) is 8.36. The Bertz CT molecular complexity index is 972. The Hall–Kier alpha value is -2.32. The van der Waals surface area contributed by atoms with Gasteiger partial charge in [-0.3, -0.25) is 0 Å². The van der Waals surface area contributed by atoms with Gasteiger partial charge in [-0.1, -0.05) is 18.2 Å². The summed E-state index contributed by atoms with van der Waals surface area (Å²) in [7, 11) is -4.37. The van der Waals surface area contributed by atoms with Crippen molar-refractivity contribution in [2.24, 2.45) is 11.1 Å². The number of ether oxygens (including phenoxy) is 1. The Balaban J connectivity index is 1.79. The molecule has 0 aromatic heterocycles. The van der Waals surface area contributed by atoms with Crippen LogP contribution >= 0.6 is 0 Å². The van der Waals surface area contributed by atoms with Gasteiger partial charge in [-0.25, -0.2) is 26.7 Å². The van der Waals surface area contributed by atoms with Crippen molar-refractivity contribution < 1.29 is 26.3 Å². The minimum absolute atomic E-state index is 0.0777. The van der Waals surface area contributed by atoms with Crippen molar-refractivity contribution in [3.8, 4) is 5.75 Å². The number of nitrogens with two attached hydrogens (primary N) is 1. The number of hydrogen-bond acceptors (Lipinski definition) is 3. The lowest BCUT2D eigenvalue weighted by Gasteiger charge is -2.25. The van der Waals surface area contributed by atoms with Gasteiger partial charge < -0.3 is 4.74 Å². The minimum atomic E-state index is -4.37. The molecule has 1 atom stereocenters. The summed E-state index contributed by atoms with van der Waals surface area (Å²) < 4.78 is 69.1. The van der Waals surface area contributed by atoms with E-state index in [9.17, 15) is 21.6 Å². The SMILES string of the molecule is NS(=O)(=O)c1cc(F)c(OCC2CCCC=C2c2ccc(F)cc2)cc1F. The second kappa shape index (κ2) is 7.74. The number of rotatable bonds is 5. The summed E-state index contributed by atoms with van der Waals surface area (Å²) in [4.78, 5) is -0.920. The van der Waals surface area contributed by atoms with Crippen LogP contribution in [-0.2, 0) is 10.0 Å². The number of sulfonamides is 1. The molecule has 2 N–H and O–H groups in total. The summed E-state index contributed by atoms with van der Waals surface area (Å²) in [6.45, 7) is 0.0777. The van der Waals surface area contributed by atoms with Gasteiger partial charge in [-0.15, -0.1) is 0 Å². The van der Waals surface area contributed by atoms with Gasteiger partial charge in [-0.2, -0.15) is 0 Å². The first kappa shape index (κ1) is 19.4. The van der Waals surface area contributed by atoms with Crippen LogP contribution in [0.4, 0.5) is 13.2 Å². The van der Waals surface area contributed by atoms with Gasteiger partial charge in [0.05, 0.1) is 6.61 Å². The summed E-state index contributed by atoms with van der Waals surface area (Å²) in [5.41, 5.74) is 1.81. The molecule has 0 spiro atoms. The largest absolute Gasteiger partial charge is 0.490 e. The lowest BCUT2D eigenvalue weighted by molar-refractivity contribution is 0.255. The fourth-order valence-corrected chi connectivity index (χ4v) is 3.74. The van der Waals surface area contributed by atoms with Crippen LogP contribution in [0.5, 0.6) is 5.75 Å². The van der Waals surface area contributed by atoms with Crippen molar-refractivity contribution in [3.63, 3.8) is 0 Å². The van der Waals surface area contributed by atoms with E-state index >= 15 is 0 Å². The zero-order chi connectivity index (χ0) is 19.6. The molecule has 4 nitrogen and oxygen atoms in total. The Kier molecular flexibility index (Phi) is 5.57. The highest BCUT2D eigenvalue weighted by Crippen LogP contribution is 2.34. The molecular formula is C19H18F3NO3S. The summed E-state index contributed by atoms with van der Waals surface area (Å²) in [6, 6.07) is 7.26. The predicted octanol–water partition coefficient (Wildman–Crippen LogP) is 4.01. The third kappa shape index (κ3) is 4.51. The van der Waals surface area contributed by atoms with Gasteiger partial charge >= 0.3 is 0 Å². The van der Waals surface area contributed by atoms with Crippen molar-refractivity contribution >= 4 is 15.6 Å². The number of halogens is 3. The molecule has 144 valence electrons. The van der Waals surface area contributed by atoms with E-state index in [0.29, 0.717) is 12.1 Å². The standard InChI is InChI=1S/C19H18F3NO3S/c20-14-7-5-12(6-8-14)15-4-2-1-3-13(15)11-26-18-9-17(22)19(10-16(18)21)27(23,24)25/h4-10,13H,1-3,11H2,(H2,23,24,25). The van der Waals surface area contributed by atoms with E-state index in [1.54, 1.807) is 12.1 Å². The van der Waals surface area contributed by atoms with E-state index in [-0.39, 0.29) is 24.1 Å². The van der Waals surface area contributed by atoms with Crippen LogP contribution in [-0.4, -0.2) is 15.0 Å². The highest BCUT2D eigenvalue weighted by Gasteiger charge is 2.23. The first-order chi connectivity index (χ1) is 12.8. The first-order valence-corrected chi connectivity index (χ1v) is 9.91. The number of primary sulfonamides is 1. The molecule has 0 heterocycles. The van der Waals surface area contributed by atoms with Crippen LogP contribution in [0.25, 0.3) is 5.57 Å². The molecule has 1 aliphatic carbocycles. The maximum atomic E-state index is 14.1. The molecule has 3 rings (SSSR count). The summed E-state index contributed by atoms with van der Waals surface area (Å²) in [6.07, 6.45) is 4.60. The van der Waals surface area contributed by atoms with Gasteiger partial charge in [0.15, 0.2) is 11.6 Å². The maximum absolute atomic E-state index is 14.1. The average molecular weight is 397 g/mol. The number of hydrogen-bond donors (Lipinski definition) is 1. The molecule has 0 saturated carbocycles. The molecule has 27 heavy (non-hydrogen) atoms. The van der Waals surface area contributed by atoms with Crippen LogP contribution < -0.4 is 9.88 Å². The Labute approximate surface area is 155 Å². The van der Waals surface area contributed by atoms with Crippen molar-refractivity contribution in [3.05, 3.63) is 65.5 Å². The second-order valence-electron chi connectivity index (χ2n) is 6.36. The van der Waals surface area contributed by atoms with Gasteiger partial charge in [0.25, 0.3) is 0 Å². The molecule has 1 unspecified atom stereocenters. The van der Waals surface area contributed by atoms with Crippen molar-refractivity contribution in [2.45, 2.75) is 24.2 Å². The Morgan fingerprint density at radius 1 is 1.07 bits per heavy atom. The zero-order valence-corrected chi connectivity index (χ0v) is 15.1. The van der Waals surface area contributed by atoms with E-state index in [1.165, 1.54) is 12.1 Å². The van der Waals surface area contributed by atoms with Gasteiger partial charge in [-0.05, 0) is 42.5 Å².